The minimum atomic E-state index is -1.12. The third-order valence-corrected chi connectivity index (χ3v) is 7.54. The van der Waals surface area contributed by atoms with Crippen LogP contribution in [0.25, 0.3) is 0 Å². The molecule has 25 heavy (non-hydrogen) atoms. The fourth-order valence-corrected chi connectivity index (χ4v) is 5.89. The molecule has 0 aromatic heterocycles. The Labute approximate surface area is 149 Å². The van der Waals surface area contributed by atoms with E-state index in [9.17, 15) is 25.5 Å². The molecule has 8 atom stereocenters. The number of aliphatic hydroxyl groups is 5. The first-order chi connectivity index (χ1) is 11.4. The van der Waals surface area contributed by atoms with E-state index in [1.165, 1.54) is 0 Å². The largest absolute Gasteiger partial charge is 0.392 e. The van der Waals surface area contributed by atoms with Crippen molar-refractivity contribution in [1.29, 1.82) is 0 Å². The maximum absolute atomic E-state index is 11.3. The van der Waals surface area contributed by atoms with Gasteiger partial charge in [0.2, 0.25) is 0 Å². The lowest BCUT2D eigenvalue weighted by atomic mass is 9.49. The Balaban J connectivity index is 2.22. The molecule has 3 aliphatic carbocycles. The Bertz CT molecular complexity index is 609. The molecule has 3 rings (SSSR count). The molecule has 0 aromatic rings. The highest BCUT2D eigenvalue weighted by Gasteiger charge is 2.60. The molecule has 142 valence electrons. The van der Waals surface area contributed by atoms with Gasteiger partial charge in [-0.25, -0.2) is 0 Å². The van der Waals surface area contributed by atoms with Crippen molar-refractivity contribution in [3.63, 3.8) is 0 Å². The standard InChI is InChI=1S/C20H32O5/c1-9-12(21)6-7-20(5)15(9)16(23)11-8-13(22)10(2)14(19(11,3)4)17(24)18(20)25/h11-13,15-18,21-25H,1,6-8H2,2-5H3/t11-,12-,13-,15-,16+,17+,18-,20+/m0/s1. The fourth-order valence-electron chi connectivity index (χ4n) is 5.89. The summed E-state index contributed by atoms with van der Waals surface area (Å²) in [6.07, 6.45) is -3.21. The van der Waals surface area contributed by atoms with Gasteiger partial charge < -0.3 is 25.5 Å². The molecule has 0 saturated heterocycles. The molecular formula is C20H32O5. The third kappa shape index (κ3) is 2.47. The van der Waals surface area contributed by atoms with Crippen LogP contribution in [-0.2, 0) is 0 Å². The summed E-state index contributed by atoms with van der Waals surface area (Å²) in [6, 6.07) is 0. The van der Waals surface area contributed by atoms with Crippen molar-refractivity contribution in [3.05, 3.63) is 23.3 Å². The minimum Gasteiger partial charge on any atom is -0.392 e. The Kier molecular flexibility index (Phi) is 4.49. The van der Waals surface area contributed by atoms with Crippen molar-refractivity contribution in [3.8, 4) is 0 Å². The van der Waals surface area contributed by atoms with Gasteiger partial charge in [0.15, 0.2) is 0 Å². The van der Waals surface area contributed by atoms with E-state index in [-0.39, 0.29) is 5.92 Å². The molecule has 5 heteroatoms. The van der Waals surface area contributed by atoms with Crippen LogP contribution in [0.2, 0.25) is 0 Å². The van der Waals surface area contributed by atoms with Gasteiger partial charge in [-0.3, -0.25) is 0 Å². The molecule has 2 bridgehead atoms. The molecule has 5 nitrogen and oxygen atoms in total. The van der Waals surface area contributed by atoms with Crippen molar-refractivity contribution < 1.29 is 25.5 Å². The third-order valence-electron chi connectivity index (χ3n) is 7.54. The second-order valence-electron chi connectivity index (χ2n) is 9.17. The molecular weight excluding hydrogens is 320 g/mol. The second kappa shape index (κ2) is 5.89. The molecule has 0 heterocycles. The van der Waals surface area contributed by atoms with Crippen molar-refractivity contribution in [1.82, 2.24) is 0 Å². The molecule has 0 aliphatic heterocycles. The van der Waals surface area contributed by atoms with E-state index >= 15 is 0 Å². The van der Waals surface area contributed by atoms with Gasteiger partial charge in [0.1, 0.15) is 6.10 Å². The Morgan fingerprint density at radius 2 is 1.60 bits per heavy atom. The summed E-state index contributed by atoms with van der Waals surface area (Å²) in [7, 11) is 0. The van der Waals surface area contributed by atoms with E-state index in [1.54, 1.807) is 6.92 Å². The summed E-state index contributed by atoms with van der Waals surface area (Å²) < 4.78 is 0. The summed E-state index contributed by atoms with van der Waals surface area (Å²) in [6.45, 7) is 11.6. The summed E-state index contributed by atoms with van der Waals surface area (Å²) in [5, 5.41) is 54.3. The highest BCUT2D eigenvalue weighted by molar-refractivity contribution is 5.35. The zero-order valence-electron chi connectivity index (χ0n) is 15.6. The minimum absolute atomic E-state index is 0.297. The highest BCUT2D eigenvalue weighted by Crippen LogP contribution is 2.58. The van der Waals surface area contributed by atoms with E-state index < -0.39 is 47.3 Å². The molecule has 0 unspecified atom stereocenters. The van der Waals surface area contributed by atoms with E-state index in [0.29, 0.717) is 36.0 Å². The van der Waals surface area contributed by atoms with Gasteiger partial charge in [-0.1, -0.05) is 27.4 Å². The van der Waals surface area contributed by atoms with E-state index in [2.05, 4.69) is 6.58 Å². The van der Waals surface area contributed by atoms with E-state index in [1.807, 2.05) is 20.8 Å². The van der Waals surface area contributed by atoms with Crippen LogP contribution in [-0.4, -0.2) is 56.1 Å². The maximum atomic E-state index is 11.3. The first-order valence-electron chi connectivity index (χ1n) is 9.24. The molecule has 0 radical (unpaired) electrons. The predicted molar refractivity (Wildman–Crippen MR) is 94.6 cm³/mol. The van der Waals surface area contributed by atoms with Gasteiger partial charge in [0, 0.05) is 11.3 Å². The van der Waals surface area contributed by atoms with Crippen LogP contribution in [0.3, 0.4) is 0 Å². The van der Waals surface area contributed by atoms with Gasteiger partial charge in [0.05, 0.1) is 24.4 Å². The van der Waals surface area contributed by atoms with Gasteiger partial charge in [-0.15, -0.1) is 0 Å². The summed E-state index contributed by atoms with van der Waals surface area (Å²) in [4.78, 5) is 0. The smallest absolute Gasteiger partial charge is 0.102 e. The quantitative estimate of drug-likeness (QED) is 0.421. The van der Waals surface area contributed by atoms with E-state index in [4.69, 9.17) is 0 Å². The Hall–Kier alpha value is -0.720. The zero-order chi connectivity index (χ0) is 18.9. The highest BCUT2D eigenvalue weighted by atomic mass is 16.3. The number of aliphatic hydroxyl groups excluding tert-OH is 5. The van der Waals surface area contributed by atoms with Gasteiger partial charge >= 0.3 is 0 Å². The zero-order valence-corrected chi connectivity index (χ0v) is 15.6. The lowest BCUT2D eigenvalue weighted by Gasteiger charge is -2.58. The molecule has 2 fully saturated rings. The van der Waals surface area contributed by atoms with Gasteiger partial charge in [-0.2, -0.15) is 0 Å². The van der Waals surface area contributed by atoms with Crippen LogP contribution >= 0.6 is 0 Å². The van der Waals surface area contributed by atoms with Crippen LogP contribution in [0.15, 0.2) is 23.3 Å². The van der Waals surface area contributed by atoms with Crippen LogP contribution in [0.4, 0.5) is 0 Å². The monoisotopic (exact) mass is 352 g/mol. The van der Waals surface area contributed by atoms with Crippen LogP contribution in [0.5, 0.6) is 0 Å². The number of rotatable bonds is 0. The number of fused-ring (bicyclic) bond motifs is 3. The fraction of sp³-hybridized carbons (Fsp3) is 0.800. The summed E-state index contributed by atoms with van der Waals surface area (Å²) in [5.41, 5.74) is 0.494. The molecule has 0 spiro atoms. The van der Waals surface area contributed by atoms with Crippen LogP contribution < -0.4 is 0 Å². The lowest BCUT2D eigenvalue weighted by molar-refractivity contribution is -0.155. The predicted octanol–water partition coefficient (Wildman–Crippen LogP) is 1.14. The SMILES string of the molecule is C=C1[C@@H](O)CC[C@@]2(C)[C@@H](O)[C@H](O)C3=C(C)[C@@H](O)C[C@@H]([C@@H](O)[C@H]12)C3(C)C. The molecule has 0 amide bonds. The Morgan fingerprint density at radius 1 is 1.00 bits per heavy atom. The number of hydrogen-bond acceptors (Lipinski definition) is 5. The molecule has 0 aromatic carbocycles. The van der Waals surface area contributed by atoms with Gasteiger partial charge in [-0.05, 0) is 54.2 Å². The van der Waals surface area contributed by atoms with E-state index in [0.717, 1.165) is 0 Å². The van der Waals surface area contributed by atoms with Crippen LogP contribution in [0, 0.1) is 22.7 Å². The molecule has 3 aliphatic rings. The second-order valence-corrected chi connectivity index (χ2v) is 9.17. The van der Waals surface area contributed by atoms with Crippen molar-refractivity contribution in [2.45, 2.75) is 77.5 Å². The average molecular weight is 352 g/mol. The summed E-state index contributed by atoms with van der Waals surface area (Å²) in [5.74, 6) is -0.827. The first kappa shape index (κ1) is 19.1. The number of hydrogen-bond donors (Lipinski definition) is 5. The Morgan fingerprint density at radius 3 is 2.20 bits per heavy atom. The van der Waals surface area contributed by atoms with Crippen LogP contribution in [0.1, 0.15) is 47.0 Å². The average Bonchev–Trinajstić information content (AvgIpc) is 2.53. The molecule has 2 saturated carbocycles. The van der Waals surface area contributed by atoms with Crippen molar-refractivity contribution >= 4 is 0 Å². The maximum Gasteiger partial charge on any atom is 0.102 e. The lowest BCUT2D eigenvalue weighted by Crippen LogP contribution is -2.62. The van der Waals surface area contributed by atoms with Crippen molar-refractivity contribution in [2.24, 2.45) is 22.7 Å². The van der Waals surface area contributed by atoms with Crippen molar-refractivity contribution in [2.75, 3.05) is 0 Å². The topological polar surface area (TPSA) is 101 Å². The first-order valence-corrected chi connectivity index (χ1v) is 9.24. The van der Waals surface area contributed by atoms with Gasteiger partial charge in [0.25, 0.3) is 0 Å². The molecule has 5 N–H and O–H groups in total. The summed E-state index contributed by atoms with van der Waals surface area (Å²) >= 11 is 0. The normalized spacial score (nSPS) is 50.1.